The van der Waals surface area contributed by atoms with E-state index < -0.39 is 10.0 Å². The van der Waals surface area contributed by atoms with Crippen LogP contribution >= 0.6 is 0 Å². The molecule has 1 N–H and O–H groups in total. The first kappa shape index (κ1) is 22.5. The van der Waals surface area contributed by atoms with Gasteiger partial charge in [0.15, 0.2) is 0 Å². The van der Waals surface area contributed by atoms with Crippen molar-refractivity contribution >= 4 is 27.3 Å². The normalized spacial score (nSPS) is 28.0. The lowest BCUT2D eigenvalue weighted by molar-refractivity contribution is -0.114. The van der Waals surface area contributed by atoms with E-state index in [2.05, 4.69) is 17.4 Å². The van der Waals surface area contributed by atoms with Crippen molar-refractivity contribution in [3.63, 3.8) is 0 Å². The van der Waals surface area contributed by atoms with E-state index in [0.29, 0.717) is 16.8 Å². The number of amides is 1. The van der Waals surface area contributed by atoms with Crippen LogP contribution in [-0.4, -0.2) is 27.1 Å². The number of nitrogens with zero attached hydrogens (tertiary/aromatic N) is 1. The zero-order chi connectivity index (χ0) is 23.4. The van der Waals surface area contributed by atoms with Gasteiger partial charge in [0.1, 0.15) is 6.54 Å². The largest absolute Gasteiger partial charge is 0.325 e. The summed E-state index contributed by atoms with van der Waals surface area (Å²) in [6.45, 7) is 3.59. The molecule has 0 atom stereocenters. The van der Waals surface area contributed by atoms with E-state index in [1.807, 2.05) is 32.0 Å². The zero-order valence-corrected chi connectivity index (χ0v) is 20.6. The van der Waals surface area contributed by atoms with E-state index >= 15 is 0 Å². The van der Waals surface area contributed by atoms with Crippen LogP contribution in [0.4, 0.5) is 11.4 Å². The predicted octanol–water partition coefficient (Wildman–Crippen LogP) is 5.18. The Balaban J connectivity index is 1.30. The number of carbonyl (C=O) groups excluding carboxylic acids is 1. The number of rotatable bonds is 6. The minimum Gasteiger partial charge on any atom is -0.325 e. The summed E-state index contributed by atoms with van der Waals surface area (Å²) < 4.78 is 26.0. The van der Waals surface area contributed by atoms with E-state index in [1.54, 1.807) is 12.1 Å². The number of sulfonamides is 1. The minimum absolute atomic E-state index is 0.252. The molecule has 0 aromatic heterocycles. The number of anilines is 2. The highest BCUT2D eigenvalue weighted by atomic mass is 32.2. The van der Waals surface area contributed by atoms with Gasteiger partial charge in [-0.1, -0.05) is 18.2 Å². The van der Waals surface area contributed by atoms with Crippen molar-refractivity contribution in [1.29, 1.82) is 0 Å². The highest BCUT2D eigenvalue weighted by Crippen LogP contribution is 2.60. The predicted molar refractivity (Wildman–Crippen MR) is 133 cm³/mol. The van der Waals surface area contributed by atoms with Gasteiger partial charge in [-0.25, -0.2) is 8.42 Å². The molecule has 4 aliphatic rings. The Morgan fingerprint density at radius 3 is 1.94 bits per heavy atom. The van der Waals surface area contributed by atoms with Crippen LogP contribution < -0.4 is 9.62 Å². The molecular weight excluding hydrogens is 432 g/mol. The molecule has 2 aromatic carbocycles. The van der Waals surface area contributed by atoms with Gasteiger partial charge in [0.05, 0.1) is 11.9 Å². The fourth-order valence-electron chi connectivity index (χ4n) is 7.20. The molecule has 4 saturated carbocycles. The summed E-state index contributed by atoms with van der Waals surface area (Å²) in [7, 11) is -3.60. The lowest BCUT2D eigenvalue weighted by Gasteiger charge is -2.57. The Kier molecular flexibility index (Phi) is 5.55. The molecule has 0 spiro atoms. The molecule has 1 amide bonds. The van der Waals surface area contributed by atoms with Crippen molar-refractivity contribution in [2.24, 2.45) is 17.8 Å². The molecule has 33 heavy (non-hydrogen) atoms. The van der Waals surface area contributed by atoms with Gasteiger partial charge in [0, 0.05) is 5.69 Å². The number of nitrogens with one attached hydrogen (secondary N) is 1. The van der Waals surface area contributed by atoms with Gasteiger partial charge >= 0.3 is 0 Å². The summed E-state index contributed by atoms with van der Waals surface area (Å²) in [6, 6.07) is 13.9. The molecule has 6 heteroatoms. The monoisotopic (exact) mass is 466 g/mol. The third kappa shape index (κ3) is 4.54. The molecule has 4 fully saturated rings. The minimum atomic E-state index is -3.60. The Morgan fingerprint density at radius 2 is 1.45 bits per heavy atom. The molecule has 0 radical (unpaired) electrons. The van der Waals surface area contributed by atoms with Gasteiger partial charge in [0.25, 0.3) is 0 Å². The van der Waals surface area contributed by atoms with Gasteiger partial charge < -0.3 is 5.32 Å². The van der Waals surface area contributed by atoms with Crippen molar-refractivity contribution in [3.05, 3.63) is 59.2 Å². The molecule has 0 heterocycles. The summed E-state index contributed by atoms with van der Waals surface area (Å²) in [4.78, 5) is 12.8. The van der Waals surface area contributed by atoms with E-state index in [0.717, 1.165) is 35.1 Å². The fourth-order valence-corrected chi connectivity index (χ4v) is 8.04. The molecule has 0 unspecified atom stereocenters. The van der Waals surface area contributed by atoms with Crippen LogP contribution in [0, 0.1) is 31.6 Å². The van der Waals surface area contributed by atoms with Crippen molar-refractivity contribution < 1.29 is 13.2 Å². The molecule has 4 aliphatic carbocycles. The van der Waals surface area contributed by atoms with Gasteiger partial charge in [-0.15, -0.1) is 0 Å². The number of aryl methyl sites for hydroxylation is 2. The Bertz CT molecular complexity index is 1110. The standard InChI is InChI=1S/C27H34N2O3S/c1-18-8-19(2)10-25(9-18)29(33(3,31)32)17-26(30)28-24-6-4-23(5-7-24)27-14-20-11-21(15-27)13-22(12-20)16-27/h4-10,20-22H,11-17H2,1-3H3,(H,28,30). The summed E-state index contributed by atoms with van der Waals surface area (Å²) in [6.07, 6.45) is 9.33. The third-order valence-electron chi connectivity index (χ3n) is 8.00. The first-order chi connectivity index (χ1) is 15.6. The van der Waals surface area contributed by atoms with Crippen molar-refractivity contribution in [3.8, 4) is 0 Å². The van der Waals surface area contributed by atoms with Crippen molar-refractivity contribution in [1.82, 2.24) is 0 Å². The summed E-state index contributed by atoms with van der Waals surface area (Å²) in [5, 5.41) is 2.90. The molecule has 2 aromatic rings. The van der Waals surface area contributed by atoms with Gasteiger partial charge in [-0.3, -0.25) is 9.10 Å². The first-order valence-electron chi connectivity index (χ1n) is 12.1. The molecule has 5 nitrogen and oxygen atoms in total. The maximum atomic E-state index is 12.8. The van der Waals surface area contributed by atoms with Crippen LogP contribution in [0.2, 0.25) is 0 Å². The Morgan fingerprint density at radius 1 is 0.939 bits per heavy atom. The number of carbonyl (C=O) groups is 1. The maximum absolute atomic E-state index is 12.8. The molecule has 4 bridgehead atoms. The van der Waals surface area contributed by atoms with Crippen LogP contribution in [0.3, 0.4) is 0 Å². The van der Waals surface area contributed by atoms with Crippen LogP contribution in [0.1, 0.15) is 55.2 Å². The fraction of sp³-hybridized carbons (Fsp3) is 0.519. The average molecular weight is 467 g/mol. The number of hydrogen-bond acceptors (Lipinski definition) is 3. The SMILES string of the molecule is Cc1cc(C)cc(N(CC(=O)Nc2ccc(C34CC5CC(CC(C5)C3)C4)cc2)S(C)(=O)=O)c1. The lowest BCUT2D eigenvalue weighted by Crippen LogP contribution is -2.48. The lowest BCUT2D eigenvalue weighted by atomic mass is 9.48. The van der Waals surface area contributed by atoms with Gasteiger partial charge in [-0.2, -0.15) is 0 Å². The molecule has 0 saturated heterocycles. The third-order valence-corrected chi connectivity index (χ3v) is 9.14. The molecular formula is C27H34N2O3S. The van der Waals surface area contributed by atoms with Crippen LogP contribution in [0.15, 0.2) is 42.5 Å². The maximum Gasteiger partial charge on any atom is 0.245 e. The van der Waals surface area contributed by atoms with Crippen LogP contribution in [0.25, 0.3) is 0 Å². The summed E-state index contributed by atoms with van der Waals surface area (Å²) in [5.74, 6) is 2.33. The zero-order valence-electron chi connectivity index (χ0n) is 19.8. The van der Waals surface area contributed by atoms with E-state index in [4.69, 9.17) is 0 Å². The molecule has 176 valence electrons. The van der Waals surface area contributed by atoms with Gasteiger partial charge in [-0.05, 0) is 116 Å². The van der Waals surface area contributed by atoms with Crippen LogP contribution in [0.5, 0.6) is 0 Å². The topological polar surface area (TPSA) is 66.5 Å². The highest BCUT2D eigenvalue weighted by Gasteiger charge is 2.51. The van der Waals surface area contributed by atoms with Crippen LogP contribution in [-0.2, 0) is 20.2 Å². The van der Waals surface area contributed by atoms with Crippen molar-refractivity contribution in [2.75, 3.05) is 22.4 Å². The second-order valence-corrected chi connectivity index (χ2v) is 12.8. The highest BCUT2D eigenvalue weighted by molar-refractivity contribution is 7.92. The smallest absolute Gasteiger partial charge is 0.245 e. The Hall–Kier alpha value is -2.34. The first-order valence-corrected chi connectivity index (χ1v) is 13.9. The molecule has 6 rings (SSSR count). The van der Waals surface area contributed by atoms with E-state index in [9.17, 15) is 13.2 Å². The second-order valence-electron chi connectivity index (χ2n) is 10.9. The Labute approximate surface area is 197 Å². The van der Waals surface area contributed by atoms with Gasteiger partial charge in [0.2, 0.25) is 15.9 Å². The van der Waals surface area contributed by atoms with E-state index in [-0.39, 0.29) is 12.5 Å². The second kappa shape index (κ2) is 8.15. The summed E-state index contributed by atoms with van der Waals surface area (Å²) in [5.41, 5.74) is 4.88. The van der Waals surface area contributed by atoms with E-state index in [1.165, 1.54) is 48.4 Å². The summed E-state index contributed by atoms with van der Waals surface area (Å²) >= 11 is 0. The quantitative estimate of drug-likeness (QED) is 0.638. The number of hydrogen-bond donors (Lipinski definition) is 1. The van der Waals surface area contributed by atoms with Crippen molar-refractivity contribution in [2.45, 2.75) is 57.8 Å². The number of benzene rings is 2. The average Bonchev–Trinajstić information content (AvgIpc) is 2.70. The molecule has 0 aliphatic heterocycles.